The predicted octanol–water partition coefficient (Wildman–Crippen LogP) is 2.25. The summed E-state index contributed by atoms with van der Waals surface area (Å²) in [5.74, 6) is 0. The molecule has 0 saturated carbocycles. The standard InChI is InChI=1S/C15H18N4OS/c1-20-10-9-17-8-2-3-14-18-19-15(21-14)13-6-4-12(11-16)5-7-13/h4-7,17H,2-3,8-10H2,1H3. The smallest absolute Gasteiger partial charge is 0.147 e. The third-order valence-corrected chi connectivity index (χ3v) is 3.99. The van der Waals surface area contributed by atoms with E-state index in [-0.39, 0.29) is 0 Å². The summed E-state index contributed by atoms with van der Waals surface area (Å²) in [4.78, 5) is 0. The van der Waals surface area contributed by atoms with Crippen molar-refractivity contribution in [3.05, 3.63) is 34.8 Å². The number of hydrogen-bond donors (Lipinski definition) is 1. The zero-order valence-corrected chi connectivity index (χ0v) is 12.8. The first-order chi connectivity index (χ1) is 10.3. The summed E-state index contributed by atoms with van der Waals surface area (Å²) in [6.45, 7) is 2.57. The summed E-state index contributed by atoms with van der Waals surface area (Å²) in [6.07, 6.45) is 1.96. The highest BCUT2D eigenvalue weighted by Crippen LogP contribution is 2.24. The van der Waals surface area contributed by atoms with E-state index in [1.807, 2.05) is 12.1 Å². The van der Waals surface area contributed by atoms with Crippen LogP contribution in [-0.2, 0) is 11.2 Å². The number of aromatic nitrogens is 2. The summed E-state index contributed by atoms with van der Waals surface area (Å²) in [5, 5.41) is 22.5. The number of nitrogens with zero attached hydrogens (tertiary/aromatic N) is 3. The summed E-state index contributed by atoms with van der Waals surface area (Å²) >= 11 is 1.61. The number of rotatable bonds is 8. The first-order valence-corrected chi connectivity index (χ1v) is 7.67. The second kappa shape index (κ2) is 8.47. The molecular weight excluding hydrogens is 284 g/mol. The van der Waals surface area contributed by atoms with Crippen molar-refractivity contribution in [1.82, 2.24) is 15.5 Å². The SMILES string of the molecule is COCCNCCCc1nnc(-c2ccc(C#N)cc2)s1. The monoisotopic (exact) mass is 302 g/mol. The Labute approximate surface area is 128 Å². The molecule has 0 radical (unpaired) electrons. The van der Waals surface area contributed by atoms with Crippen molar-refractivity contribution in [2.24, 2.45) is 0 Å². The minimum absolute atomic E-state index is 0.658. The van der Waals surface area contributed by atoms with Gasteiger partial charge in [0.2, 0.25) is 0 Å². The van der Waals surface area contributed by atoms with Crippen molar-refractivity contribution in [2.75, 3.05) is 26.8 Å². The molecule has 110 valence electrons. The van der Waals surface area contributed by atoms with Crippen molar-refractivity contribution in [2.45, 2.75) is 12.8 Å². The average Bonchev–Trinajstić information content (AvgIpc) is 3.00. The normalized spacial score (nSPS) is 10.5. The quantitative estimate of drug-likeness (QED) is 0.757. The Kier molecular flexibility index (Phi) is 6.28. The number of nitriles is 1. The van der Waals surface area contributed by atoms with Crippen molar-refractivity contribution in [3.8, 4) is 16.6 Å². The van der Waals surface area contributed by atoms with Gasteiger partial charge in [-0.2, -0.15) is 5.26 Å². The van der Waals surface area contributed by atoms with Gasteiger partial charge in [-0.1, -0.05) is 23.5 Å². The third kappa shape index (κ3) is 4.90. The largest absolute Gasteiger partial charge is 0.383 e. The number of methoxy groups -OCH3 is 1. The van der Waals surface area contributed by atoms with Crippen LogP contribution in [0.4, 0.5) is 0 Å². The lowest BCUT2D eigenvalue weighted by Crippen LogP contribution is -2.20. The summed E-state index contributed by atoms with van der Waals surface area (Å²) < 4.78 is 4.97. The number of nitrogens with one attached hydrogen (secondary N) is 1. The molecule has 0 aliphatic carbocycles. The summed E-state index contributed by atoms with van der Waals surface area (Å²) in [7, 11) is 1.70. The summed E-state index contributed by atoms with van der Waals surface area (Å²) in [5.41, 5.74) is 1.67. The fraction of sp³-hybridized carbons (Fsp3) is 0.400. The highest BCUT2D eigenvalue weighted by Gasteiger charge is 2.06. The maximum absolute atomic E-state index is 8.79. The second-order valence-corrected chi connectivity index (χ2v) is 5.60. The van der Waals surface area contributed by atoms with Crippen LogP contribution >= 0.6 is 11.3 Å². The molecular formula is C15H18N4OS. The lowest BCUT2D eigenvalue weighted by Gasteiger charge is -2.01. The molecule has 21 heavy (non-hydrogen) atoms. The van der Waals surface area contributed by atoms with Crippen molar-refractivity contribution < 1.29 is 4.74 Å². The Balaban J connectivity index is 1.82. The third-order valence-electron chi connectivity index (χ3n) is 2.95. The van der Waals surface area contributed by atoms with Gasteiger partial charge in [0, 0.05) is 25.6 Å². The lowest BCUT2D eigenvalue weighted by atomic mass is 10.2. The van der Waals surface area contributed by atoms with Crippen LogP contribution in [0.5, 0.6) is 0 Å². The molecule has 0 unspecified atom stereocenters. The van der Waals surface area contributed by atoms with Gasteiger partial charge in [0.1, 0.15) is 10.0 Å². The van der Waals surface area contributed by atoms with Gasteiger partial charge in [-0.15, -0.1) is 10.2 Å². The molecule has 0 bridgehead atoms. The number of ether oxygens (including phenoxy) is 1. The first kappa shape index (κ1) is 15.6. The van der Waals surface area contributed by atoms with E-state index >= 15 is 0 Å². The zero-order valence-electron chi connectivity index (χ0n) is 12.0. The molecule has 0 aliphatic rings. The molecule has 5 nitrogen and oxygen atoms in total. The molecule has 0 amide bonds. The molecule has 2 rings (SSSR count). The van der Waals surface area contributed by atoms with Crippen molar-refractivity contribution in [3.63, 3.8) is 0 Å². The van der Waals surface area contributed by atoms with E-state index in [9.17, 15) is 0 Å². The maximum atomic E-state index is 8.79. The summed E-state index contributed by atoms with van der Waals surface area (Å²) in [6, 6.07) is 9.54. The maximum Gasteiger partial charge on any atom is 0.147 e. The molecule has 0 saturated heterocycles. The molecule has 0 spiro atoms. The van der Waals surface area contributed by atoms with Gasteiger partial charge in [0.15, 0.2) is 0 Å². The highest BCUT2D eigenvalue weighted by atomic mass is 32.1. The average molecular weight is 302 g/mol. The zero-order chi connectivity index (χ0) is 14.9. The first-order valence-electron chi connectivity index (χ1n) is 6.86. The highest BCUT2D eigenvalue weighted by molar-refractivity contribution is 7.14. The topological polar surface area (TPSA) is 70.8 Å². The van der Waals surface area contributed by atoms with Crippen molar-refractivity contribution >= 4 is 11.3 Å². The van der Waals surface area contributed by atoms with Crippen LogP contribution in [0.3, 0.4) is 0 Å². The Morgan fingerprint density at radius 3 is 2.76 bits per heavy atom. The Hall–Kier alpha value is -1.81. The minimum atomic E-state index is 0.658. The van der Waals surface area contributed by atoms with Gasteiger partial charge >= 0.3 is 0 Å². The molecule has 1 heterocycles. The van der Waals surface area contributed by atoms with Crippen LogP contribution < -0.4 is 5.32 Å². The van der Waals surface area contributed by atoms with Crippen LogP contribution in [0.2, 0.25) is 0 Å². The van der Waals surface area contributed by atoms with Crippen LogP contribution in [0.15, 0.2) is 24.3 Å². The van der Waals surface area contributed by atoms with E-state index in [4.69, 9.17) is 10.00 Å². The van der Waals surface area contributed by atoms with E-state index in [2.05, 4.69) is 21.6 Å². The molecule has 6 heteroatoms. The van der Waals surface area contributed by atoms with Gasteiger partial charge in [0.25, 0.3) is 0 Å². The van der Waals surface area contributed by atoms with E-state index in [0.29, 0.717) is 5.56 Å². The Morgan fingerprint density at radius 2 is 2.05 bits per heavy atom. The van der Waals surface area contributed by atoms with E-state index < -0.39 is 0 Å². The van der Waals surface area contributed by atoms with Crippen LogP contribution in [-0.4, -0.2) is 37.0 Å². The fourth-order valence-corrected chi connectivity index (χ4v) is 2.71. The molecule has 1 aromatic carbocycles. The van der Waals surface area contributed by atoms with Gasteiger partial charge in [0.05, 0.1) is 18.2 Å². The number of aryl methyl sites for hydroxylation is 1. The molecule has 1 aromatic heterocycles. The van der Waals surface area contributed by atoms with Gasteiger partial charge in [-0.05, 0) is 25.1 Å². The van der Waals surface area contributed by atoms with Crippen LogP contribution in [0.1, 0.15) is 17.0 Å². The van der Waals surface area contributed by atoms with E-state index in [1.165, 1.54) is 0 Å². The molecule has 0 aliphatic heterocycles. The van der Waals surface area contributed by atoms with Crippen LogP contribution in [0, 0.1) is 11.3 Å². The number of hydrogen-bond acceptors (Lipinski definition) is 6. The molecule has 2 aromatic rings. The second-order valence-electron chi connectivity index (χ2n) is 4.54. The van der Waals surface area contributed by atoms with E-state index in [1.54, 1.807) is 30.6 Å². The Morgan fingerprint density at radius 1 is 1.24 bits per heavy atom. The van der Waals surface area contributed by atoms with E-state index in [0.717, 1.165) is 48.1 Å². The lowest BCUT2D eigenvalue weighted by molar-refractivity contribution is 0.199. The minimum Gasteiger partial charge on any atom is -0.383 e. The van der Waals surface area contributed by atoms with Crippen molar-refractivity contribution in [1.29, 1.82) is 5.26 Å². The predicted molar refractivity (Wildman–Crippen MR) is 83.1 cm³/mol. The Bertz CT molecular complexity index is 588. The van der Waals surface area contributed by atoms with Gasteiger partial charge in [-0.25, -0.2) is 0 Å². The fourth-order valence-electron chi connectivity index (χ4n) is 1.82. The molecule has 1 N–H and O–H groups in total. The molecule has 0 fully saturated rings. The number of benzene rings is 1. The van der Waals surface area contributed by atoms with Crippen LogP contribution in [0.25, 0.3) is 10.6 Å². The van der Waals surface area contributed by atoms with Gasteiger partial charge in [-0.3, -0.25) is 0 Å². The molecule has 0 atom stereocenters. The van der Waals surface area contributed by atoms with Gasteiger partial charge < -0.3 is 10.1 Å².